The first kappa shape index (κ1) is 21.2. The summed E-state index contributed by atoms with van der Waals surface area (Å²) in [7, 11) is 1.63. The second kappa shape index (κ2) is 8.03. The molecule has 170 valence electrons. The predicted octanol–water partition coefficient (Wildman–Crippen LogP) is 2.05. The quantitative estimate of drug-likeness (QED) is 0.703. The molecule has 2 N–H and O–H groups in total. The zero-order chi connectivity index (χ0) is 23.2. The topological polar surface area (TPSA) is 98.8 Å². The largest absolute Gasteiger partial charge is 0.333 e. The second-order valence-corrected chi connectivity index (χ2v) is 9.10. The highest BCUT2D eigenvalue weighted by molar-refractivity contribution is 6.07. The third kappa shape index (κ3) is 3.65. The fourth-order valence-corrected chi connectivity index (χ4v) is 5.24. The number of piperidine rings is 1. The summed E-state index contributed by atoms with van der Waals surface area (Å²) in [6.07, 6.45) is 2.50. The van der Waals surface area contributed by atoms with E-state index in [0.717, 1.165) is 29.5 Å². The number of carbonyl (C=O) groups excluding carboxylic acids is 4. The monoisotopic (exact) mass is 446 g/mol. The van der Waals surface area contributed by atoms with Crippen LogP contribution in [0.4, 0.5) is 10.5 Å². The fourth-order valence-electron chi connectivity index (χ4n) is 5.24. The van der Waals surface area contributed by atoms with E-state index in [0.29, 0.717) is 25.1 Å². The Morgan fingerprint density at radius 1 is 1.09 bits per heavy atom. The van der Waals surface area contributed by atoms with E-state index in [4.69, 9.17) is 0 Å². The molecule has 8 heteroatoms. The van der Waals surface area contributed by atoms with Crippen molar-refractivity contribution in [3.63, 3.8) is 0 Å². The van der Waals surface area contributed by atoms with E-state index in [1.54, 1.807) is 18.0 Å². The van der Waals surface area contributed by atoms with Crippen LogP contribution in [-0.2, 0) is 27.2 Å². The van der Waals surface area contributed by atoms with Crippen LogP contribution in [0.25, 0.3) is 0 Å². The number of urea groups is 1. The van der Waals surface area contributed by atoms with Gasteiger partial charge in [-0.05, 0) is 41.7 Å². The number of anilines is 1. The summed E-state index contributed by atoms with van der Waals surface area (Å²) in [5.74, 6) is -0.761. The Kier molecular flexibility index (Phi) is 5.15. The molecular formula is C25H26N4O4. The summed E-state index contributed by atoms with van der Waals surface area (Å²) in [4.78, 5) is 53.2. The van der Waals surface area contributed by atoms with Crippen molar-refractivity contribution in [2.75, 3.05) is 25.5 Å². The minimum absolute atomic E-state index is 0.00281. The van der Waals surface area contributed by atoms with Gasteiger partial charge in [0.2, 0.25) is 11.8 Å². The lowest BCUT2D eigenvalue weighted by Crippen LogP contribution is -2.48. The lowest BCUT2D eigenvalue weighted by atomic mass is 9.90. The van der Waals surface area contributed by atoms with Gasteiger partial charge >= 0.3 is 6.03 Å². The summed E-state index contributed by atoms with van der Waals surface area (Å²) < 4.78 is 0. The maximum atomic E-state index is 13.0. The fraction of sp³-hybridized carbons (Fsp3) is 0.360. The SMILES string of the molecule is CN1C(=O)NC(=O)[C@]12Cc1ccc(NC(=O)CN3CCC[C@H](c4ccccc4)C3=O)cc1C2. The Hall–Kier alpha value is -3.68. The van der Waals surface area contributed by atoms with Crippen molar-refractivity contribution in [1.82, 2.24) is 15.1 Å². The number of nitrogens with zero attached hydrogens (tertiary/aromatic N) is 2. The first-order valence-corrected chi connectivity index (χ1v) is 11.2. The molecule has 2 saturated heterocycles. The van der Waals surface area contributed by atoms with Crippen LogP contribution < -0.4 is 10.6 Å². The third-order valence-electron chi connectivity index (χ3n) is 7.11. The molecule has 5 amide bonds. The maximum absolute atomic E-state index is 13.0. The number of hydrogen-bond donors (Lipinski definition) is 2. The van der Waals surface area contributed by atoms with Crippen LogP contribution in [0.1, 0.15) is 35.4 Å². The van der Waals surface area contributed by atoms with Crippen molar-refractivity contribution in [2.45, 2.75) is 37.1 Å². The molecule has 0 unspecified atom stereocenters. The van der Waals surface area contributed by atoms with Gasteiger partial charge in [-0.2, -0.15) is 0 Å². The van der Waals surface area contributed by atoms with E-state index in [2.05, 4.69) is 10.6 Å². The van der Waals surface area contributed by atoms with E-state index in [1.165, 1.54) is 4.90 Å². The van der Waals surface area contributed by atoms with Gasteiger partial charge in [-0.15, -0.1) is 0 Å². The van der Waals surface area contributed by atoms with E-state index >= 15 is 0 Å². The van der Waals surface area contributed by atoms with Gasteiger partial charge in [0.1, 0.15) is 5.54 Å². The molecule has 2 aliphatic heterocycles. The molecule has 0 radical (unpaired) electrons. The highest BCUT2D eigenvalue weighted by atomic mass is 16.2. The summed E-state index contributed by atoms with van der Waals surface area (Å²) in [6, 6.07) is 14.9. The predicted molar refractivity (Wildman–Crippen MR) is 122 cm³/mol. The van der Waals surface area contributed by atoms with Gasteiger partial charge in [0.05, 0.1) is 12.5 Å². The summed E-state index contributed by atoms with van der Waals surface area (Å²) in [5.41, 5.74) is 2.63. The lowest BCUT2D eigenvalue weighted by molar-refractivity contribution is -0.138. The molecule has 2 aromatic rings. The van der Waals surface area contributed by atoms with E-state index in [1.807, 2.05) is 42.5 Å². The summed E-state index contributed by atoms with van der Waals surface area (Å²) >= 11 is 0. The molecule has 2 fully saturated rings. The number of fused-ring (bicyclic) bond motifs is 1. The zero-order valence-corrected chi connectivity index (χ0v) is 18.5. The molecule has 2 aromatic carbocycles. The Morgan fingerprint density at radius 2 is 1.85 bits per heavy atom. The Balaban J connectivity index is 1.25. The molecule has 1 spiro atoms. The highest BCUT2D eigenvalue weighted by Crippen LogP contribution is 2.38. The van der Waals surface area contributed by atoms with Crippen LogP contribution in [-0.4, -0.2) is 59.2 Å². The summed E-state index contributed by atoms with van der Waals surface area (Å²) in [6.45, 7) is 0.570. The zero-order valence-electron chi connectivity index (χ0n) is 18.5. The van der Waals surface area contributed by atoms with Gasteiger partial charge in [-0.1, -0.05) is 36.4 Å². The number of nitrogens with one attached hydrogen (secondary N) is 2. The minimum atomic E-state index is -0.894. The normalized spacial score (nSPS) is 24.3. The molecule has 2 heterocycles. The van der Waals surface area contributed by atoms with Crippen molar-refractivity contribution >= 4 is 29.4 Å². The van der Waals surface area contributed by atoms with E-state index < -0.39 is 5.54 Å². The van der Waals surface area contributed by atoms with Crippen LogP contribution in [0.5, 0.6) is 0 Å². The molecule has 0 aromatic heterocycles. The maximum Gasteiger partial charge on any atom is 0.324 e. The van der Waals surface area contributed by atoms with E-state index in [9.17, 15) is 19.2 Å². The van der Waals surface area contributed by atoms with E-state index in [-0.39, 0.29) is 36.2 Å². The molecular weight excluding hydrogens is 420 g/mol. The lowest BCUT2D eigenvalue weighted by Gasteiger charge is -2.32. The highest BCUT2D eigenvalue weighted by Gasteiger charge is 2.54. The minimum Gasteiger partial charge on any atom is -0.333 e. The van der Waals surface area contributed by atoms with Crippen molar-refractivity contribution in [1.29, 1.82) is 0 Å². The Bertz CT molecular complexity index is 1150. The van der Waals surface area contributed by atoms with Crippen molar-refractivity contribution in [3.8, 4) is 0 Å². The first-order chi connectivity index (χ1) is 15.9. The number of rotatable bonds is 4. The Labute approximate surface area is 191 Å². The molecule has 1 aliphatic carbocycles. The van der Waals surface area contributed by atoms with Crippen LogP contribution in [0.3, 0.4) is 0 Å². The van der Waals surface area contributed by atoms with Crippen LogP contribution in [0, 0.1) is 0 Å². The van der Waals surface area contributed by atoms with Gasteiger partial charge in [0.15, 0.2) is 0 Å². The van der Waals surface area contributed by atoms with Crippen LogP contribution >= 0.6 is 0 Å². The average molecular weight is 447 g/mol. The van der Waals surface area contributed by atoms with Crippen molar-refractivity contribution < 1.29 is 19.2 Å². The molecule has 2 atom stereocenters. The number of imide groups is 1. The number of amides is 5. The first-order valence-electron chi connectivity index (χ1n) is 11.2. The van der Waals surface area contributed by atoms with Crippen molar-refractivity contribution in [2.24, 2.45) is 0 Å². The molecule has 0 saturated carbocycles. The van der Waals surface area contributed by atoms with Crippen LogP contribution in [0.15, 0.2) is 48.5 Å². The molecule has 8 nitrogen and oxygen atoms in total. The van der Waals surface area contributed by atoms with Crippen molar-refractivity contribution in [3.05, 3.63) is 65.2 Å². The molecule has 5 rings (SSSR count). The summed E-state index contributed by atoms with van der Waals surface area (Å²) in [5, 5.41) is 5.28. The Morgan fingerprint density at radius 3 is 2.58 bits per heavy atom. The smallest absolute Gasteiger partial charge is 0.324 e. The number of likely N-dealkylation sites (N-methyl/N-ethyl adjacent to an activating group) is 1. The van der Waals surface area contributed by atoms with Gasteiger partial charge < -0.3 is 15.1 Å². The second-order valence-electron chi connectivity index (χ2n) is 9.10. The molecule has 3 aliphatic rings. The van der Waals surface area contributed by atoms with Gasteiger partial charge in [0.25, 0.3) is 5.91 Å². The third-order valence-corrected chi connectivity index (χ3v) is 7.11. The number of carbonyl (C=O) groups is 4. The van der Waals surface area contributed by atoms with Gasteiger partial charge in [-0.25, -0.2) is 4.79 Å². The van der Waals surface area contributed by atoms with Gasteiger partial charge in [-0.3, -0.25) is 19.7 Å². The standard InChI is InChI=1S/C25H26N4O4/c1-28-24(33)27-23(32)25(28)13-17-9-10-19(12-18(17)14-25)26-21(30)15-29-11-5-8-20(22(29)31)16-6-3-2-4-7-16/h2-4,6-7,9-10,12,20H,5,8,11,13-15H2,1H3,(H,26,30)(H,27,32,33)/t20-,25-/m1/s1. The number of likely N-dealkylation sites (tertiary alicyclic amines) is 1. The molecule has 33 heavy (non-hydrogen) atoms. The van der Waals surface area contributed by atoms with Crippen LogP contribution in [0.2, 0.25) is 0 Å². The number of hydrogen-bond acceptors (Lipinski definition) is 4. The number of benzene rings is 2. The average Bonchev–Trinajstić information content (AvgIpc) is 3.29. The van der Waals surface area contributed by atoms with Gasteiger partial charge in [0, 0.05) is 32.1 Å². The molecule has 0 bridgehead atoms.